The first-order valence-corrected chi connectivity index (χ1v) is 19.9. The van der Waals surface area contributed by atoms with Crippen LogP contribution in [0.3, 0.4) is 0 Å². The highest BCUT2D eigenvalue weighted by molar-refractivity contribution is 5.91. The molecule has 266 valence electrons. The molecular formula is C43H58O6. The van der Waals surface area contributed by atoms with E-state index < -0.39 is 5.60 Å². The number of carbonyl (C=O) groups excluding carboxylic acids is 3. The lowest BCUT2D eigenvalue weighted by atomic mass is 9.47. The van der Waals surface area contributed by atoms with E-state index in [9.17, 15) is 19.5 Å². The van der Waals surface area contributed by atoms with Crippen LogP contribution in [0.25, 0.3) is 0 Å². The van der Waals surface area contributed by atoms with E-state index in [4.69, 9.17) is 15.9 Å². The maximum atomic E-state index is 13.1. The number of aliphatic hydroxyl groups is 1. The topological polar surface area (TPSA) is 89.9 Å². The number of hydrogen-bond acceptors (Lipinski definition) is 6. The summed E-state index contributed by atoms with van der Waals surface area (Å²) in [7, 11) is 0. The van der Waals surface area contributed by atoms with Crippen LogP contribution in [-0.2, 0) is 23.9 Å². The lowest BCUT2D eigenvalue weighted by Crippen LogP contribution is -2.52. The minimum absolute atomic E-state index is 0.0134. The second-order valence-electron chi connectivity index (χ2n) is 18.5. The lowest BCUT2D eigenvalue weighted by Gasteiger charge is -2.57. The van der Waals surface area contributed by atoms with Gasteiger partial charge in [-0.15, -0.1) is 6.42 Å². The summed E-state index contributed by atoms with van der Waals surface area (Å²) in [5.41, 5.74) is 1.83. The van der Waals surface area contributed by atoms with Crippen LogP contribution in [0.2, 0.25) is 0 Å². The van der Waals surface area contributed by atoms with Crippen LogP contribution >= 0.6 is 0 Å². The highest BCUT2D eigenvalue weighted by atomic mass is 16.6. The smallest absolute Gasteiger partial charge is 0.306 e. The molecule has 0 aromatic rings. The van der Waals surface area contributed by atoms with Crippen LogP contribution < -0.4 is 0 Å². The van der Waals surface area contributed by atoms with Gasteiger partial charge in [-0.3, -0.25) is 14.4 Å². The molecule has 1 unspecified atom stereocenters. The third kappa shape index (κ3) is 5.24. The molecule has 0 heterocycles. The molecule has 6 nitrogen and oxygen atoms in total. The summed E-state index contributed by atoms with van der Waals surface area (Å²) in [4.78, 5) is 38.3. The molecule has 1 N–H and O–H groups in total. The molecule has 8 aliphatic carbocycles. The van der Waals surface area contributed by atoms with Gasteiger partial charge < -0.3 is 14.6 Å². The van der Waals surface area contributed by atoms with Crippen LogP contribution in [0.5, 0.6) is 0 Å². The Morgan fingerprint density at radius 1 is 0.796 bits per heavy atom. The van der Waals surface area contributed by atoms with Gasteiger partial charge in [0.05, 0.1) is 12.8 Å². The average molecular weight is 671 g/mol. The molecule has 0 bridgehead atoms. The largest absolute Gasteiger partial charge is 0.462 e. The van der Waals surface area contributed by atoms with Gasteiger partial charge in [-0.1, -0.05) is 37.8 Å². The van der Waals surface area contributed by atoms with Crippen molar-refractivity contribution in [2.45, 2.75) is 154 Å². The van der Waals surface area contributed by atoms with Crippen molar-refractivity contribution in [3.8, 4) is 12.3 Å². The van der Waals surface area contributed by atoms with Crippen molar-refractivity contribution in [2.24, 2.45) is 57.7 Å². The summed E-state index contributed by atoms with van der Waals surface area (Å²) in [6, 6.07) is 0. The van der Waals surface area contributed by atoms with Gasteiger partial charge >= 0.3 is 11.9 Å². The molecule has 0 amide bonds. The molecule has 0 aromatic carbocycles. The van der Waals surface area contributed by atoms with Crippen LogP contribution in [0, 0.1) is 70.0 Å². The molecule has 13 atom stereocenters. The van der Waals surface area contributed by atoms with Gasteiger partial charge in [-0.25, -0.2) is 0 Å². The molecular weight excluding hydrogens is 612 g/mol. The number of ketones is 1. The molecule has 0 saturated heterocycles. The number of fused-ring (bicyclic) bond motifs is 10. The molecule has 0 aromatic heterocycles. The minimum atomic E-state index is -0.969. The van der Waals surface area contributed by atoms with E-state index in [2.05, 4.69) is 32.8 Å². The molecule has 0 radical (unpaired) electrons. The Hall–Kier alpha value is -2.39. The van der Waals surface area contributed by atoms with Crippen LogP contribution in [0.4, 0.5) is 0 Å². The molecule has 0 spiro atoms. The summed E-state index contributed by atoms with van der Waals surface area (Å²) in [6.07, 6.45) is 25.8. The van der Waals surface area contributed by atoms with Gasteiger partial charge in [0.15, 0.2) is 5.78 Å². The number of allylic oxidation sites excluding steroid dienone is 2. The fourth-order valence-corrected chi connectivity index (χ4v) is 14.0. The molecule has 0 aliphatic heterocycles. The normalized spacial score (nSPS) is 48.2. The Morgan fingerprint density at radius 3 is 2.35 bits per heavy atom. The van der Waals surface area contributed by atoms with Crippen molar-refractivity contribution in [1.82, 2.24) is 0 Å². The van der Waals surface area contributed by atoms with E-state index in [-0.39, 0.29) is 53.2 Å². The first-order valence-electron chi connectivity index (χ1n) is 19.9. The summed E-state index contributed by atoms with van der Waals surface area (Å²) in [5.74, 6) is 6.56. The Labute approximate surface area is 293 Å². The van der Waals surface area contributed by atoms with Gasteiger partial charge in [-0.2, -0.15) is 0 Å². The fourth-order valence-electron chi connectivity index (χ4n) is 14.0. The number of carbonyl (C=O) groups is 3. The van der Waals surface area contributed by atoms with Crippen LogP contribution in [-0.4, -0.2) is 40.6 Å². The monoisotopic (exact) mass is 670 g/mol. The van der Waals surface area contributed by atoms with Gasteiger partial charge in [0.1, 0.15) is 17.8 Å². The van der Waals surface area contributed by atoms with E-state index in [0.717, 1.165) is 96.3 Å². The van der Waals surface area contributed by atoms with E-state index in [0.29, 0.717) is 53.6 Å². The van der Waals surface area contributed by atoms with Crippen LogP contribution in [0.15, 0.2) is 23.3 Å². The van der Waals surface area contributed by atoms with Gasteiger partial charge in [0.2, 0.25) is 0 Å². The lowest BCUT2D eigenvalue weighted by molar-refractivity contribution is -0.162. The van der Waals surface area contributed by atoms with Crippen molar-refractivity contribution >= 4 is 17.7 Å². The first-order chi connectivity index (χ1) is 23.4. The van der Waals surface area contributed by atoms with Crippen molar-refractivity contribution < 1.29 is 29.0 Å². The predicted octanol–water partition coefficient (Wildman–Crippen LogP) is 8.06. The Bertz CT molecular complexity index is 1500. The summed E-state index contributed by atoms with van der Waals surface area (Å²) >= 11 is 0. The van der Waals surface area contributed by atoms with Crippen molar-refractivity contribution in [1.29, 1.82) is 0 Å². The number of esters is 2. The zero-order valence-corrected chi connectivity index (χ0v) is 30.1. The average Bonchev–Trinajstić information content (AvgIpc) is 3.56. The quantitative estimate of drug-likeness (QED) is 0.181. The molecule has 8 aliphatic rings. The Kier molecular flexibility index (Phi) is 8.33. The number of rotatable bonds is 5. The van der Waals surface area contributed by atoms with Gasteiger partial charge in [0.25, 0.3) is 0 Å². The SMILES string of the molecule is C#C[C@]1(O)CC[C@H]2[C@@H]3CCC4=CC(OC(=O)CCC(=O)O[C@H]5CC[C@H]6[C@@H]7CCC8=CC(=O)CC[C@]8(C)[C@H]7CC[C@]56C)CC[C@@H]4[C@H]3CC[C@@]21C. The third-order valence-corrected chi connectivity index (χ3v) is 16.8. The standard InChI is InChI=1S/C43H58O6/c1-5-43(47)23-19-36-32-9-6-26-24-29(8-11-30(26)31(32)17-22-42(36,43)4)48-38(45)14-15-39(46)49-37-13-12-34-33-10-7-27-25-28(44)16-20-40(27,2)35(33)18-21-41(34,37)3/h1,24-25,29-37,47H,6-23H2,2-4H3/t29?,30-,31+,32+,33-,34-,35-,36-,37-,40-,41-,42-,43-/m0/s1. The Morgan fingerprint density at radius 2 is 1.55 bits per heavy atom. The highest BCUT2D eigenvalue weighted by Crippen LogP contribution is 2.67. The zero-order chi connectivity index (χ0) is 34.3. The third-order valence-electron chi connectivity index (χ3n) is 16.8. The summed E-state index contributed by atoms with van der Waals surface area (Å²) < 4.78 is 12.1. The molecule has 8 rings (SSSR count). The van der Waals surface area contributed by atoms with Crippen molar-refractivity contribution in [3.63, 3.8) is 0 Å². The van der Waals surface area contributed by atoms with Crippen LogP contribution in [0.1, 0.15) is 136 Å². The maximum absolute atomic E-state index is 13.1. The summed E-state index contributed by atoms with van der Waals surface area (Å²) in [6.45, 7) is 6.99. The van der Waals surface area contributed by atoms with E-state index in [1.807, 2.05) is 6.08 Å². The second-order valence-corrected chi connectivity index (χ2v) is 18.5. The number of terminal acetylenes is 1. The fraction of sp³-hybridized carbons (Fsp3) is 0.791. The van der Waals surface area contributed by atoms with Gasteiger partial charge in [0, 0.05) is 17.3 Å². The first kappa shape index (κ1) is 33.7. The van der Waals surface area contributed by atoms with Crippen molar-refractivity contribution in [2.75, 3.05) is 0 Å². The molecule has 6 heteroatoms. The summed E-state index contributed by atoms with van der Waals surface area (Å²) in [5, 5.41) is 11.3. The highest BCUT2D eigenvalue weighted by Gasteiger charge is 2.62. The van der Waals surface area contributed by atoms with E-state index in [1.165, 1.54) is 11.1 Å². The number of ether oxygens (including phenoxy) is 2. The molecule has 6 saturated carbocycles. The van der Waals surface area contributed by atoms with Crippen molar-refractivity contribution in [3.05, 3.63) is 23.3 Å². The zero-order valence-electron chi connectivity index (χ0n) is 30.1. The predicted molar refractivity (Wildman–Crippen MR) is 187 cm³/mol. The minimum Gasteiger partial charge on any atom is -0.462 e. The second kappa shape index (κ2) is 12.1. The van der Waals surface area contributed by atoms with E-state index in [1.54, 1.807) is 0 Å². The molecule has 49 heavy (non-hydrogen) atoms. The Balaban J connectivity index is 0.826. The maximum Gasteiger partial charge on any atom is 0.306 e. The molecule has 6 fully saturated rings. The van der Waals surface area contributed by atoms with E-state index >= 15 is 0 Å². The van der Waals surface area contributed by atoms with Gasteiger partial charge in [-0.05, 0) is 155 Å². The number of hydrogen-bond donors (Lipinski definition) is 1.